The molecule has 1 aromatic heterocycles. The Labute approximate surface area is 162 Å². The van der Waals surface area contributed by atoms with Crippen LogP contribution < -0.4 is 16.8 Å². The van der Waals surface area contributed by atoms with Crippen LogP contribution in [-0.4, -0.2) is 48.6 Å². The molecule has 1 aromatic carbocycles. The molecule has 1 fully saturated rings. The van der Waals surface area contributed by atoms with Crippen molar-refractivity contribution in [1.82, 2.24) is 14.9 Å². The minimum atomic E-state index is 0.332. The van der Waals surface area contributed by atoms with E-state index in [-0.39, 0.29) is 0 Å². The highest BCUT2D eigenvalue weighted by Crippen LogP contribution is 2.33. The lowest BCUT2D eigenvalue weighted by Gasteiger charge is -2.28. The maximum absolute atomic E-state index is 5.96. The minimum Gasteiger partial charge on any atom is -0.369 e. The summed E-state index contributed by atoms with van der Waals surface area (Å²) in [4.78, 5) is 11.2. The summed E-state index contributed by atoms with van der Waals surface area (Å²) < 4.78 is 0. The molecule has 0 saturated heterocycles. The molecule has 1 saturated carbocycles. The third-order valence-corrected chi connectivity index (χ3v) is 5.71. The van der Waals surface area contributed by atoms with Crippen LogP contribution in [0.2, 0.25) is 0 Å². The maximum atomic E-state index is 5.96. The molecule has 27 heavy (non-hydrogen) atoms. The van der Waals surface area contributed by atoms with Crippen LogP contribution in [0.5, 0.6) is 0 Å². The van der Waals surface area contributed by atoms with Crippen molar-refractivity contribution in [3.05, 3.63) is 23.8 Å². The number of nitrogens with zero attached hydrogens (tertiary/aromatic N) is 3. The first-order chi connectivity index (χ1) is 13.1. The summed E-state index contributed by atoms with van der Waals surface area (Å²) in [6.45, 7) is 2.75. The molecule has 0 atom stereocenters. The van der Waals surface area contributed by atoms with Gasteiger partial charge in [0.05, 0.1) is 5.52 Å². The summed E-state index contributed by atoms with van der Waals surface area (Å²) in [5, 5.41) is 4.64. The van der Waals surface area contributed by atoms with Crippen molar-refractivity contribution in [2.24, 2.45) is 17.6 Å². The SMILES string of the molecule is CN(C)CCCNc1nc(N)nc2cccc(CC3CCC(CN)CC3)c12. The van der Waals surface area contributed by atoms with Gasteiger partial charge in [-0.25, -0.2) is 4.98 Å². The summed E-state index contributed by atoms with van der Waals surface area (Å²) in [7, 11) is 4.19. The minimum absolute atomic E-state index is 0.332. The standard InChI is InChI=1S/C21H34N6/c1-27(2)12-4-11-24-20-19-17(5-3-6-18(19)25-21(23)26-20)13-15-7-9-16(14-22)10-8-15/h3,5-6,15-16H,4,7-14,22H2,1-2H3,(H3,23,24,25,26). The Morgan fingerprint density at radius 2 is 1.85 bits per heavy atom. The topological polar surface area (TPSA) is 93.1 Å². The van der Waals surface area contributed by atoms with Gasteiger partial charge in [0, 0.05) is 11.9 Å². The van der Waals surface area contributed by atoms with Crippen molar-refractivity contribution in [2.75, 3.05) is 44.8 Å². The predicted molar refractivity (Wildman–Crippen MR) is 114 cm³/mol. The van der Waals surface area contributed by atoms with Crippen LogP contribution in [0.1, 0.15) is 37.7 Å². The molecule has 0 amide bonds. The number of benzene rings is 1. The predicted octanol–water partition coefficient (Wildman–Crippen LogP) is 2.88. The van der Waals surface area contributed by atoms with E-state index in [9.17, 15) is 0 Å². The fourth-order valence-corrected chi connectivity index (χ4v) is 4.15. The largest absolute Gasteiger partial charge is 0.369 e. The number of nitrogen functional groups attached to an aromatic ring is 1. The van der Waals surface area contributed by atoms with Crippen molar-refractivity contribution in [3.63, 3.8) is 0 Å². The van der Waals surface area contributed by atoms with Gasteiger partial charge in [-0.15, -0.1) is 0 Å². The monoisotopic (exact) mass is 370 g/mol. The van der Waals surface area contributed by atoms with Crippen molar-refractivity contribution < 1.29 is 0 Å². The number of nitrogens with two attached hydrogens (primary N) is 2. The molecule has 6 heteroatoms. The first-order valence-corrected chi connectivity index (χ1v) is 10.2. The van der Waals surface area contributed by atoms with E-state index in [1.807, 2.05) is 6.07 Å². The Bertz CT molecular complexity index is 737. The highest BCUT2D eigenvalue weighted by Gasteiger charge is 2.22. The number of nitrogens with one attached hydrogen (secondary N) is 1. The summed E-state index contributed by atoms with van der Waals surface area (Å²) in [6, 6.07) is 6.35. The number of rotatable bonds is 8. The van der Waals surface area contributed by atoms with Crippen LogP contribution in [0, 0.1) is 11.8 Å². The summed E-state index contributed by atoms with van der Waals surface area (Å²) in [5.74, 6) is 2.64. The second kappa shape index (κ2) is 9.33. The molecule has 0 bridgehead atoms. The quantitative estimate of drug-likeness (QED) is 0.619. The van der Waals surface area contributed by atoms with E-state index in [4.69, 9.17) is 11.5 Å². The molecule has 2 aromatic rings. The molecule has 0 radical (unpaired) electrons. The molecule has 3 rings (SSSR count). The Kier molecular flexibility index (Phi) is 6.85. The molecule has 1 aliphatic rings. The Hall–Kier alpha value is -1.92. The van der Waals surface area contributed by atoms with E-state index in [0.717, 1.165) is 55.1 Å². The first kappa shape index (κ1) is 19.8. The van der Waals surface area contributed by atoms with E-state index in [1.54, 1.807) is 0 Å². The van der Waals surface area contributed by atoms with Crippen LogP contribution in [0.3, 0.4) is 0 Å². The zero-order valence-corrected chi connectivity index (χ0v) is 16.7. The van der Waals surface area contributed by atoms with E-state index < -0.39 is 0 Å². The van der Waals surface area contributed by atoms with Gasteiger partial charge in [-0.1, -0.05) is 12.1 Å². The summed E-state index contributed by atoms with van der Waals surface area (Å²) >= 11 is 0. The van der Waals surface area contributed by atoms with Gasteiger partial charge in [0.1, 0.15) is 5.82 Å². The zero-order chi connectivity index (χ0) is 19.2. The Balaban J connectivity index is 1.78. The average Bonchev–Trinajstić information content (AvgIpc) is 2.65. The van der Waals surface area contributed by atoms with Gasteiger partial charge in [0.15, 0.2) is 0 Å². The number of aromatic nitrogens is 2. The summed E-state index contributed by atoms with van der Waals surface area (Å²) in [6.07, 6.45) is 7.17. The van der Waals surface area contributed by atoms with Gasteiger partial charge < -0.3 is 21.7 Å². The van der Waals surface area contributed by atoms with Gasteiger partial charge in [-0.3, -0.25) is 0 Å². The van der Waals surface area contributed by atoms with E-state index in [0.29, 0.717) is 11.9 Å². The van der Waals surface area contributed by atoms with Gasteiger partial charge in [-0.2, -0.15) is 4.98 Å². The first-order valence-electron chi connectivity index (χ1n) is 10.2. The molecule has 1 aliphatic carbocycles. The summed E-state index contributed by atoms with van der Waals surface area (Å²) in [5.41, 5.74) is 14.1. The van der Waals surface area contributed by atoms with Crippen LogP contribution in [0.4, 0.5) is 11.8 Å². The number of fused-ring (bicyclic) bond motifs is 1. The Morgan fingerprint density at radius 3 is 2.56 bits per heavy atom. The van der Waals surface area contributed by atoms with Crippen LogP contribution in [-0.2, 0) is 6.42 Å². The fourth-order valence-electron chi connectivity index (χ4n) is 4.15. The smallest absolute Gasteiger partial charge is 0.222 e. The normalized spacial score (nSPS) is 20.3. The molecule has 0 spiro atoms. The molecular formula is C21H34N6. The lowest BCUT2D eigenvalue weighted by molar-refractivity contribution is 0.279. The highest BCUT2D eigenvalue weighted by atomic mass is 15.1. The molecule has 5 N–H and O–H groups in total. The zero-order valence-electron chi connectivity index (χ0n) is 16.7. The van der Waals surface area contributed by atoms with Crippen molar-refractivity contribution in [2.45, 2.75) is 38.5 Å². The maximum Gasteiger partial charge on any atom is 0.222 e. The second-order valence-electron chi connectivity index (χ2n) is 8.15. The van der Waals surface area contributed by atoms with E-state index in [2.05, 4.69) is 46.4 Å². The van der Waals surface area contributed by atoms with Crippen molar-refractivity contribution in [3.8, 4) is 0 Å². The lowest BCUT2D eigenvalue weighted by Crippen LogP contribution is -2.22. The average molecular weight is 371 g/mol. The highest BCUT2D eigenvalue weighted by molar-refractivity contribution is 5.93. The third kappa shape index (κ3) is 5.30. The Morgan fingerprint density at radius 1 is 1.11 bits per heavy atom. The van der Waals surface area contributed by atoms with E-state index >= 15 is 0 Å². The van der Waals surface area contributed by atoms with Gasteiger partial charge in [0.25, 0.3) is 0 Å². The number of hydrogen-bond acceptors (Lipinski definition) is 6. The lowest BCUT2D eigenvalue weighted by atomic mass is 9.79. The molecular weight excluding hydrogens is 336 g/mol. The van der Waals surface area contributed by atoms with Crippen LogP contribution in [0.25, 0.3) is 10.9 Å². The van der Waals surface area contributed by atoms with Crippen LogP contribution >= 0.6 is 0 Å². The van der Waals surface area contributed by atoms with Gasteiger partial charge >= 0.3 is 0 Å². The third-order valence-electron chi connectivity index (χ3n) is 5.71. The number of hydrogen-bond donors (Lipinski definition) is 3. The van der Waals surface area contributed by atoms with Crippen molar-refractivity contribution >= 4 is 22.7 Å². The molecule has 1 heterocycles. The molecule has 148 valence electrons. The van der Waals surface area contributed by atoms with Gasteiger partial charge in [-0.05, 0) is 89.2 Å². The van der Waals surface area contributed by atoms with Crippen molar-refractivity contribution in [1.29, 1.82) is 0 Å². The molecule has 6 nitrogen and oxygen atoms in total. The van der Waals surface area contributed by atoms with Crippen LogP contribution in [0.15, 0.2) is 18.2 Å². The van der Waals surface area contributed by atoms with Gasteiger partial charge in [0.2, 0.25) is 5.95 Å². The second-order valence-corrected chi connectivity index (χ2v) is 8.15. The fraction of sp³-hybridized carbons (Fsp3) is 0.619. The molecule has 0 unspecified atom stereocenters. The molecule has 0 aliphatic heterocycles. The number of anilines is 2. The van der Waals surface area contributed by atoms with E-state index in [1.165, 1.54) is 31.2 Å².